The number of hydrogen-bond acceptors (Lipinski definition) is 5. The second kappa shape index (κ2) is 11.1. The Morgan fingerprint density at radius 3 is 2.79 bits per heavy atom. The third kappa shape index (κ3) is 7.05. The number of ether oxygens (including phenoxy) is 1. The van der Waals surface area contributed by atoms with Crippen LogP contribution >= 0.6 is 0 Å². The zero-order valence-electron chi connectivity index (χ0n) is 16.6. The number of hydrogen-bond donors (Lipinski definition) is 2. The molecule has 1 aromatic heterocycles. The molecule has 2 heterocycles. The number of rotatable bonds is 7. The summed E-state index contributed by atoms with van der Waals surface area (Å²) in [7, 11) is 1.75. The second-order valence-electron chi connectivity index (χ2n) is 6.69. The van der Waals surface area contributed by atoms with E-state index in [1.54, 1.807) is 30.0 Å². The first-order chi connectivity index (χ1) is 13.5. The van der Waals surface area contributed by atoms with Crippen molar-refractivity contribution >= 4 is 18.0 Å². The van der Waals surface area contributed by atoms with Gasteiger partial charge >= 0.3 is 6.09 Å². The van der Waals surface area contributed by atoms with Crippen molar-refractivity contribution in [1.82, 2.24) is 20.1 Å². The average Bonchev–Trinajstić information content (AvgIpc) is 2.71. The van der Waals surface area contributed by atoms with Gasteiger partial charge in [0.25, 0.3) is 0 Å². The number of aromatic nitrogens is 1. The highest BCUT2D eigenvalue weighted by atomic mass is 16.6. The van der Waals surface area contributed by atoms with Crippen LogP contribution in [-0.4, -0.2) is 78.6 Å². The van der Waals surface area contributed by atoms with Gasteiger partial charge in [-0.3, -0.25) is 9.78 Å². The van der Waals surface area contributed by atoms with Gasteiger partial charge < -0.3 is 25.6 Å². The van der Waals surface area contributed by atoms with Gasteiger partial charge in [0.05, 0.1) is 6.61 Å². The highest BCUT2D eigenvalue weighted by Gasteiger charge is 2.23. The van der Waals surface area contributed by atoms with Gasteiger partial charge in [0, 0.05) is 51.0 Å². The molecule has 1 aliphatic heterocycles. The van der Waals surface area contributed by atoms with Gasteiger partial charge in [-0.15, -0.1) is 0 Å². The highest BCUT2D eigenvalue weighted by Crippen LogP contribution is 2.11. The summed E-state index contributed by atoms with van der Waals surface area (Å²) >= 11 is 0. The molecule has 1 saturated heterocycles. The second-order valence-corrected chi connectivity index (χ2v) is 6.69. The Morgan fingerprint density at radius 2 is 2.14 bits per heavy atom. The molecule has 9 heteroatoms. The van der Waals surface area contributed by atoms with Crippen molar-refractivity contribution in [3.05, 3.63) is 30.1 Å². The van der Waals surface area contributed by atoms with Crippen molar-refractivity contribution in [2.45, 2.75) is 32.2 Å². The predicted octanol–water partition coefficient (Wildman–Crippen LogP) is 0.608. The Morgan fingerprint density at radius 1 is 1.39 bits per heavy atom. The first kappa shape index (κ1) is 21.5. The van der Waals surface area contributed by atoms with Crippen LogP contribution in [0.4, 0.5) is 4.79 Å². The molecule has 1 fully saturated rings. The van der Waals surface area contributed by atoms with E-state index in [1.165, 1.54) is 0 Å². The van der Waals surface area contributed by atoms with E-state index < -0.39 is 0 Å². The molecule has 154 valence electrons. The molecule has 28 heavy (non-hydrogen) atoms. The molecule has 0 unspecified atom stereocenters. The van der Waals surface area contributed by atoms with Crippen molar-refractivity contribution < 1.29 is 14.3 Å². The monoisotopic (exact) mass is 390 g/mol. The standard InChI is InChI=1S/C19H30N6O3/c1-3-28-19(27)25-12-8-16(9-13-25)23-18(20)22-14-17(26)24(2)11-7-15-6-4-5-10-21-15/h4-6,10,16H,3,7-9,11-14H2,1-2H3,(H3,20,22,23). The number of pyridine rings is 1. The summed E-state index contributed by atoms with van der Waals surface area (Å²) < 4.78 is 5.01. The summed E-state index contributed by atoms with van der Waals surface area (Å²) in [5.74, 6) is 0.152. The Labute approximate surface area is 165 Å². The molecule has 3 N–H and O–H groups in total. The summed E-state index contributed by atoms with van der Waals surface area (Å²) in [4.78, 5) is 35.6. The number of nitrogens with two attached hydrogens (primary N) is 1. The number of carbonyl (C=O) groups excluding carboxylic acids is 2. The molecule has 0 aromatic carbocycles. The van der Waals surface area contributed by atoms with E-state index in [-0.39, 0.29) is 30.5 Å². The fourth-order valence-electron chi connectivity index (χ4n) is 2.90. The minimum atomic E-state index is -0.276. The van der Waals surface area contributed by atoms with Gasteiger partial charge in [-0.05, 0) is 31.9 Å². The third-order valence-corrected chi connectivity index (χ3v) is 4.61. The first-order valence-electron chi connectivity index (χ1n) is 9.61. The van der Waals surface area contributed by atoms with Crippen LogP contribution in [0.3, 0.4) is 0 Å². The van der Waals surface area contributed by atoms with Crippen LogP contribution in [0.15, 0.2) is 29.4 Å². The molecule has 0 spiro atoms. The van der Waals surface area contributed by atoms with Crippen LogP contribution in [0.2, 0.25) is 0 Å². The number of aliphatic imine (C=N–C) groups is 1. The van der Waals surface area contributed by atoms with Crippen LogP contribution in [0.1, 0.15) is 25.5 Å². The molecule has 0 radical (unpaired) electrons. The fraction of sp³-hybridized carbons (Fsp3) is 0.579. The summed E-state index contributed by atoms with van der Waals surface area (Å²) in [6, 6.07) is 5.86. The molecule has 2 rings (SSSR count). The lowest BCUT2D eigenvalue weighted by Gasteiger charge is -2.31. The van der Waals surface area contributed by atoms with Crippen molar-refractivity contribution in [3.8, 4) is 0 Å². The molecule has 0 bridgehead atoms. The number of piperidine rings is 1. The van der Waals surface area contributed by atoms with Gasteiger partial charge in [0.2, 0.25) is 5.91 Å². The molecule has 0 saturated carbocycles. The maximum atomic E-state index is 12.2. The lowest BCUT2D eigenvalue weighted by atomic mass is 10.1. The van der Waals surface area contributed by atoms with Crippen molar-refractivity contribution in [2.24, 2.45) is 10.7 Å². The summed E-state index contributed by atoms with van der Waals surface area (Å²) in [5.41, 5.74) is 6.86. The highest BCUT2D eigenvalue weighted by molar-refractivity contribution is 5.84. The minimum absolute atomic E-state index is 0.000771. The van der Waals surface area contributed by atoms with Crippen LogP contribution in [-0.2, 0) is 16.0 Å². The lowest BCUT2D eigenvalue weighted by molar-refractivity contribution is -0.128. The molecule has 1 aromatic rings. The number of nitrogens with one attached hydrogen (secondary N) is 1. The summed E-state index contributed by atoms with van der Waals surface area (Å²) in [5, 5.41) is 3.13. The molecular weight excluding hydrogens is 360 g/mol. The number of likely N-dealkylation sites (tertiary alicyclic amines) is 1. The van der Waals surface area contributed by atoms with Crippen LogP contribution in [0.25, 0.3) is 0 Å². The van der Waals surface area contributed by atoms with Gasteiger partial charge in [0.1, 0.15) is 6.54 Å². The number of amides is 2. The van der Waals surface area contributed by atoms with Crippen LogP contribution in [0.5, 0.6) is 0 Å². The van der Waals surface area contributed by atoms with E-state index in [9.17, 15) is 9.59 Å². The number of guanidine groups is 1. The van der Waals surface area contributed by atoms with Gasteiger partial charge in [-0.1, -0.05) is 6.07 Å². The molecule has 9 nitrogen and oxygen atoms in total. The molecule has 0 aliphatic carbocycles. The van der Waals surface area contributed by atoms with E-state index in [2.05, 4.69) is 15.3 Å². The summed E-state index contributed by atoms with van der Waals surface area (Å²) in [6.07, 6.45) is 3.67. The van der Waals surface area contributed by atoms with E-state index in [4.69, 9.17) is 10.5 Å². The SMILES string of the molecule is CCOC(=O)N1CCC(NC(N)=NCC(=O)N(C)CCc2ccccn2)CC1. The quantitative estimate of drug-likeness (QED) is 0.521. The van der Waals surface area contributed by atoms with Crippen LogP contribution < -0.4 is 11.1 Å². The maximum absolute atomic E-state index is 12.2. The Kier molecular flexibility index (Phi) is 8.51. The zero-order valence-corrected chi connectivity index (χ0v) is 16.6. The number of carbonyl (C=O) groups is 2. The minimum Gasteiger partial charge on any atom is -0.450 e. The van der Waals surface area contributed by atoms with E-state index in [1.807, 2.05) is 18.2 Å². The smallest absolute Gasteiger partial charge is 0.409 e. The molecule has 1 aliphatic rings. The maximum Gasteiger partial charge on any atom is 0.409 e. The normalized spacial score (nSPS) is 15.2. The Bertz CT molecular complexity index is 659. The lowest BCUT2D eigenvalue weighted by Crippen LogP contribution is -2.48. The van der Waals surface area contributed by atoms with Gasteiger partial charge in [-0.25, -0.2) is 9.79 Å². The summed E-state index contributed by atoms with van der Waals surface area (Å²) in [6.45, 7) is 3.96. The third-order valence-electron chi connectivity index (χ3n) is 4.61. The Balaban J connectivity index is 1.69. The first-order valence-corrected chi connectivity index (χ1v) is 9.61. The van der Waals surface area contributed by atoms with Crippen molar-refractivity contribution in [2.75, 3.05) is 39.8 Å². The van der Waals surface area contributed by atoms with Gasteiger partial charge in [-0.2, -0.15) is 0 Å². The topological polar surface area (TPSA) is 113 Å². The largest absolute Gasteiger partial charge is 0.450 e. The number of nitrogens with zero attached hydrogens (tertiary/aromatic N) is 4. The molecular formula is C19H30N6O3. The zero-order chi connectivity index (χ0) is 20.4. The number of likely N-dealkylation sites (N-methyl/N-ethyl adjacent to an activating group) is 1. The predicted molar refractivity (Wildman–Crippen MR) is 107 cm³/mol. The molecule has 2 amide bonds. The van der Waals surface area contributed by atoms with Gasteiger partial charge in [0.15, 0.2) is 5.96 Å². The fourth-order valence-corrected chi connectivity index (χ4v) is 2.90. The van der Waals surface area contributed by atoms with E-state index >= 15 is 0 Å². The van der Waals surface area contributed by atoms with Crippen molar-refractivity contribution in [1.29, 1.82) is 0 Å². The Hall–Kier alpha value is -2.84. The van der Waals surface area contributed by atoms with Crippen molar-refractivity contribution in [3.63, 3.8) is 0 Å². The molecule has 0 atom stereocenters. The van der Waals surface area contributed by atoms with E-state index in [0.29, 0.717) is 32.7 Å². The average molecular weight is 390 g/mol. The van der Waals surface area contributed by atoms with Crippen LogP contribution in [0, 0.1) is 0 Å². The van der Waals surface area contributed by atoms with E-state index in [0.717, 1.165) is 18.5 Å².